The van der Waals surface area contributed by atoms with Crippen molar-refractivity contribution in [3.63, 3.8) is 0 Å². The average Bonchev–Trinajstić information content (AvgIpc) is 3.29. The number of aromatic nitrogens is 2. The summed E-state index contributed by atoms with van der Waals surface area (Å²) in [6, 6.07) is 9.72. The van der Waals surface area contributed by atoms with Crippen molar-refractivity contribution >= 4 is 34.1 Å². The van der Waals surface area contributed by atoms with Crippen LogP contribution in [-0.4, -0.2) is 15.9 Å². The van der Waals surface area contributed by atoms with Gasteiger partial charge >= 0.3 is 0 Å². The van der Waals surface area contributed by atoms with E-state index in [9.17, 15) is 4.79 Å². The van der Waals surface area contributed by atoms with Crippen LogP contribution in [0.25, 0.3) is 0 Å². The first-order valence-electron chi connectivity index (χ1n) is 8.42. The zero-order valence-corrected chi connectivity index (χ0v) is 16.6. The van der Waals surface area contributed by atoms with E-state index in [1.807, 2.05) is 37.3 Å². The average molecular weight is 388 g/mol. The molecule has 26 heavy (non-hydrogen) atoms. The predicted octanol–water partition coefficient (Wildman–Crippen LogP) is 5.29. The molecule has 0 aliphatic carbocycles. The Bertz CT molecular complexity index is 859. The van der Waals surface area contributed by atoms with E-state index in [2.05, 4.69) is 29.1 Å². The van der Waals surface area contributed by atoms with Crippen molar-refractivity contribution in [3.05, 3.63) is 59.9 Å². The van der Waals surface area contributed by atoms with E-state index in [1.54, 1.807) is 24.2 Å². The molecule has 3 rings (SSSR count). The normalized spacial score (nSPS) is 12.3. The number of thiazole rings is 1. The first kappa shape index (κ1) is 18.7. The number of hydrogen-bond acceptors (Lipinski definition) is 6. The van der Waals surface area contributed by atoms with Gasteiger partial charge in [-0.1, -0.05) is 55.5 Å². The zero-order valence-electron chi connectivity index (χ0n) is 14.9. The number of hydrogen-bond donors (Lipinski definition) is 1. The highest BCUT2D eigenvalue weighted by Gasteiger charge is 2.16. The first-order chi connectivity index (χ1) is 12.5. The maximum atomic E-state index is 12.4. The first-order valence-corrected chi connectivity index (χ1v) is 10.2. The second kappa shape index (κ2) is 8.51. The van der Waals surface area contributed by atoms with Crippen LogP contribution in [0.2, 0.25) is 0 Å². The second-order valence-electron chi connectivity index (χ2n) is 6.21. The number of benzene rings is 1. The van der Waals surface area contributed by atoms with E-state index in [1.165, 1.54) is 11.3 Å². The number of nitrogens with zero attached hydrogens (tertiary/aromatic N) is 2. The molecule has 7 heteroatoms. The lowest BCUT2D eigenvalue weighted by Gasteiger charge is -2.10. The van der Waals surface area contributed by atoms with Crippen molar-refractivity contribution in [2.45, 2.75) is 42.6 Å². The fourth-order valence-electron chi connectivity index (χ4n) is 2.28. The molecule has 0 aliphatic heterocycles. The number of carbonyl (C=O) groups excluding carboxylic acids is 1. The molecular weight excluding hydrogens is 366 g/mol. The molecular formula is C19H21N3O2S2. The fraction of sp³-hybridized carbons (Fsp3) is 0.316. The topological polar surface area (TPSA) is 68.0 Å². The monoisotopic (exact) mass is 387 g/mol. The fourth-order valence-corrected chi connectivity index (χ4v) is 4.01. The largest absolute Gasteiger partial charge is 0.445 e. The molecule has 0 bridgehead atoms. The van der Waals surface area contributed by atoms with Gasteiger partial charge in [-0.25, -0.2) is 9.97 Å². The smallest absolute Gasteiger partial charge is 0.233 e. The van der Waals surface area contributed by atoms with Gasteiger partial charge in [0.15, 0.2) is 5.13 Å². The maximum absolute atomic E-state index is 12.4. The van der Waals surface area contributed by atoms with Gasteiger partial charge in [-0.3, -0.25) is 4.79 Å². The van der Waals surface area contributed by atoms with Crippen LogP contribution in [0.1, 0.15) is 49.8 Å². The minimum absolute atomic E-state index is 0.0589. The number of anilines is 1. The zero-order chi connectivity index (χ0) is 18.5. The maximum Gasteiger partial charge on any atom is 0.233 e. The van der Waals surface area contributed by atoms with Gasteiger partial charge in [0.1, 0.15) is 5.76 Å². The minimum Gasteiger partial charge on any atom is -0.445 e. The number of carbonyl (C=O) groups is 1. The van der Waals surface area contributed by atoms with E-state index in [-0.39, 0.29) is 11.8 Å². The van der Waals surface area contributed by atoms with Gasteiger partial charge in [0.2, 0.25) is 11.8 Å². The summed E-state index contributed by atoms with van der Waals surface area (Å²) in [5.74, 6) is 2.29. The minimum atomic E-state index is -0.224. The summed E-state index contributed by atoms with van der Waals surface area (Å²) in [5.41, 5.74) is 0.987. The Morgan fingerprint density at radius 2 is 1.96 bits per heavy atom. The van der Waals surface area contributed by atoms with Gasteiger partial charge in [0, 0.05) is 5.92 Å². The van der Waals surface area contributed by atoms with Gasteiger partial charge in [0.05, 0.1) is 28.3 Å². The highest BCUT2D eigenvalue weighted by Crippen LogP contribution is 2.31. The number of rotatable bonds is 7. The van der Waals surface area contributed by atoms with E-state index >= 15 is 0 Å². The van der Waals surface area contributed by atoms with Crippen molar-refractivity contribution < 1.29 is 9.21 Å². The molecule has 5 nitrogen and oxygen atoms in total. The van der Waals surface area contributed by atoms with Gasteiger partial charge < -0.3 is 9.73 Å². The molecule has 1 N–H and O–H groups in total. The third-order valence-corrected chi connectivity index (χ3v) is 5.98. The third-order valence-electron chi connectivity index (χ3n) is 3.89. The van der Waals surface area contributed by atoms with E-state index < -0.39 is 0 Å². The molecule has 2 aromatic heterocycles. The molecule has 0 aliphatic rings. The van der Waals surface area contributed by atoms with Crippen LogP contribution in [0.3, 0.4) is 0 Å². The predicted molar refractivity (Wildman–Crippen MR) is 106 cm³/mol. The van der Waals surface area contributed by atoms with Crippen molar-refractivity contribution in [3.8, 4) is 0 Å². The lowest BCUT2D eigenvalue weighted by Crippen LogP contribution is -2.18. The molecule has 136 valence electrons. The van der Waals surface area contributed by atoms with Crippen LogP contribution in [-0.2, 0) is 10.5 Å². The molecule has 1 aromatic carbocycles. The summed E-state index contributed by atoms with van der Waals surface area (Å²) in [7, 11) is 0. The van der Waals surface area contributed by atoms with Gasteiger partial charge in [-0.05, 0) is 12.5 Å². The van der Waals surface area contributed by atoms with Crippen LogP contribution in [0.15, 0.2) is 51.4 Å². The molecule has 3 aromatic rings. The Morgan fingerprint density at radius 3 is 2.65 bits per heavy atom. The lowest BCUT2D eigenvalue weighted by atomic mass is 10.0. The molecule has 2 heterocycles. The summed E-state index contributed by atoms with van der Waals surface area (Å²) in [5, 5.41) is 3.50. The van der Waals surface area contributed by atoms with E-state index in [0.717, 1.165) is 15.5 Å². The highest BCUT2D eigenvalue weighted by atomic mass is 32.2. The molecule has 0 spiro atoms. The van der Waals surface area contributed by atoms with Crippen molar-refractivity contribution in [1.82, 2.24) is 9.97 Å². The molecule has 0 unspecified atom stereocenters. The van der Waals surface area contributed by atoms with Gasteiger partial charge in [0.25, 0.3) is 0 Å². The third kappa shape index (κ3) is 4.74. The van der Waals surface area contributed by atoms with Crippen LogP contribution in [0.5, 0.6) is 0 Å². The summed E-state index contributed by atoms with van der Waals surface area (Å²) in [6.07, 6.45) is 3.55. The van der Waals surface area contributed by atoms with Crippen molar-refractivity contribution in [1.29, 1.82) is 0 Å². The van der Waals surface area contributed by atoms with E-state index in [4.69, 9.17) is 4.42 Å². The molecule has 0 saturated heterocycles. The number of oxazole rings is 1. The van der Waals surface area contributed by atoms with Crippen molar-refractivity contribution in [2.24, 2.45) is 0 Å². The standard InChI is InChI=1S/C19H21N3O2S2/c1-12(2)15-9-20-16(24-15)11-25-17-10-21-19(26-17)22-18(23)13(3)14-7-5-4-6-8-14/h4-10,12-13H,11H2,1-3H3,(H,21,22,23)/t13-/m0/s1. The Hall–Kier alpha value is -2.12. The van der Waals surface area contributed by atoms with Gasteiger partial charge in [-0.15, -0.1) is 11.8 Å². The van der Waals surface area contributed by atoms with Crippen LogP contribution in [0.4, 0.5) is 5.13 Å². The molecule has 0 saturated carbocycles. The Labute approximate surface area is 161 Å². The van der Waals surface area contributed by atoms with Crippen LogP contribution < -0.4 is 5.32 Å². The Kier molecular flexibility index (Phi) is 6.11. The number of nitrogens with one attached hydrogen (secondary N) is 1. The van der Waals surface area contributed by atoms with Gasteiger partial charge in [-0.2, -0.15) is 0 Å². The summed E-state index contributed by atoms with van der Waals surface area (Å²) in [6.45, 7) is 6.04. The Morgan fingerprint density at radius 1 is 1.19 bits per heavy atom. The number of amides is 1. The summed E-state index contributed by atoms with van der Waals surface area (Å²) < 4.78 is 6.71. The quantitative estimate of drug-likeness (QED) is 0.558. The SMILES string of the molecule is CC(C)c1cnc(CSc2cnc(NC(=O)[C@@H](C)c3ccccc3)s2)o1. The molecule has 0 fully saturated rings. The summed E-state index contributed by atoms with van der Waals surface area (Å²) >= 11 is 3.06. The second-order valence-corrected chi connectivity index (χ2v) is 8.51. The molecule has 0 radical (unpaired) electrons. The van der Waals surface area contributed by atoms with Crippen LogP contribution in [0, 0.1) is 0 Å². The van der Waals surface area contributed by atoms with Crippen LogP contribution >= 0.6 is 23.1 Å². The molecule has 1 atom stereocenters. The van der Waals surface area contributed by atoms with Crippen molar-refractivity contribution in [2.75, 3.05) is 5.32 Å². The molecule has 1 amide bonds. The highest BCUT2D eigenvalue weighted by molar-refractivity contribution is 8.00. The lowest BCUT2D eigenvalue weighted by molar-refractivity contribution is -0.117. The van der Waals surface area contributed by atoms with E-state index in [0.29, 0.717) is 22.7 Å². The Balaban J connectivity index is 1.55. The summed E-state index contributed by atoms with van der Waals surface area (Å²) in [4.78, 5) is 21.0. The number of thioether (sulfide) groups is 1.